The molecule has 2 aromatic carbocycles. The van der Waals surface area contributed by atoms with Crippen LogP contribution in [0.15, 0.2) is 66.1 Å². The number of aryl methyl sites for hydroxylation is 2. The molecule has 1 fully saturated rings. The Balaban J connectivity index is 1.55. The van der Waals surface area contributed by atoms with Crippen LogP contribution < -0.4 is 5.32 Å². The molecule has 4 rings (SSSR count). The summed E-state index contributed by atoms with van der Waals surface area (Å²) < 4.78 is 19.9. The average molecular weight is 487 g/mol. The summed E-state index contributed by atoms with van der Waals surface area (Å²) in [6, 6.07) is 19.7. The maximum Gasteiger partial charge on any atom is 0.492 e. The maximum absolute atomic E-state index is 12.5. The molecular weight excluding hydrogens is 453 g/mol. The number of hydrogen-bond acceptors (Lipinski definition) is 5. The predicted molar refractivity (Wildman–Crippen MR) is 142 cm³/mol. The second-order valence-electron chi connectivity index (χ2n) is 10.2. The molecule has 0 aliphatic carbocycles. The maximum atomic E-state index is 12.5. The summed E-state index contributed by atoms with van der Waals surface area (Å²) in [4.78, 5) is 12.5. The van der Waals surface area contributed by atoms with Crippen LogP contribution in [0.1, 0.15) is 50.2 Å². The molecule has 36 heavy (non-hydrogen) atoms. The Morgan fingerprint density at radius 2 is 1.72 bits per heavy atom. The molecule has 0 radical (unpaired) electrons. The smallest absolute Gasteiger partial charge is 0.445 e. The van der Waals surface area contributed by atoms with Crippen molar-refractivity contribution >= 4 is 19.3 Å². The average Bonchev–Trinajstić information content (AvgIpc) is 3.28. The SMILES string of the molecule is Cc1cc(C)n(-c2cccc(C=C(CNC(=O)OCc3ccccc3)B3OC(C)(C)C(C)(C)O3)c2)n1. The van der Waals surface area contributed by atoms with Crippen LogP contribution in [0.3, 0.4) is 0 Å². The fraction of sp³-hybridized carbons (Fsp3) is 0.357. The molecule has 3 aromatic rings. The van der Waals surface area contributed by atoms with Gasteiger partial charge < -0.3 is 19.4 Å². The van der Waals surface area contributed by atoms with Crippen LogP contribution in [-0.2, 0) is 20.7 Å². The van der Waals surface area contributed by atoms with E-state index in [4.69, 9.17) is 14.0 Å². The first-order chi connectivity index (χ1) is 17.0. The van der Waals surface area contributed by atoms with Gasteiger partial charge in [-0.05, 0) is 76.3 Å². The summed E-state index contributed by atoms with van der Waals surface area (Å²) in [6.45, 7) is 12.5. The number of ether oxygens (including phenoxy) is 1. The number of hydrogen-bond donors (Lipinski definition) is 1. The summed E-state index contributed by atoms with van der Waals surface area (Å²) in [5.74, 6) is 0. The van der Waals surface area contributed by atoms with Gasteiger partial charge in [-0.1, -0.05) is 48.5 Å². The molecule has 1 aliphatic rings. The Bertz CT molecular complexity index is 1230. The zero-order valence-corrected chi connectivity index (χ0v) is 21.9. The molecule has 1 aliphatic heterocycles. The van der Waals surface area contributed by atoms with Crippen LogP contribution in [0.4, 0.5) is 4.79 Å². The minimum absolute atomic E-state index is 0.201. The third kappa shape index (κ3) is 5.89. The van der Waals surface area contributed by atoms with Crippen molar-refractivity contribution in [3.05, 3.63) is 88.7 Å². The van der Waals surface area contributed by atoms with Gasteiger partial charge in [0.1, 0.15) is 6.61 Å². The number of alkyl carbamates (subject to hydrolysis) is 1. The van der Waals surface area contributed by atoms with Crippen molar-refractivity contribution in [2.75, 3.05) is 6.54 Å². The number of nitrogens with zero attached hydrogens (tertiary/aromatic N) is 2. The third-order valence-electron chi connectivity index (χ3n) is 6.68. The molecule has 188 valence electrons. The number of carbonyl (C=O) groups is 1. The number of carbonyl (C=O) groups excluding carboxylic acids is 1. The lowest BCUT2D eigenvalue weighted by molar-refractivity contribution is 0.00578. The topological polar surface area (TPSA) is 74.6 Å². The van der Waals surface area contributed by atoms with Crippen LogP contribution in [0.2, 0.25) is 0 Å². The van der Waals surface area contributed by atoms with E-state index in [1.54, 1.807) is 0 Å². The zero-order chi connectivity index (χ0) is 25.9. The lowest BCUT2D eigenvalue weighted by Gasteiger charge is -2.32. The minimum Gasteiger partial charge on any atom is -0.445 e. The highest BCUT2D eigenvalue weighted by Crippen LogP contribution is 2.38. The van der Waals surface area contributed by atoms with E-state index in [1.165, 1.54) is 0 Å². The Morgan fingerprint density at radius 3 is 2.36 bits per heavy atom. The summed E-state index contributed by atoms with van der Waals surface area (Å²) in [5, 5.41) is 7.45. The molecule has 2 heterocycles. The number of amides is 1. The fourth-order valence-corrected chi connectivity index (χ4v) is 4.00. The van der Waals surface area contributed by atoms with E-state index in [0.717, 1.165) is 33.7 Å². The van der Waals surface area contributed by atoms with Gasteiger partial charge in [-0.2, -0.15) is 5.10 Å². The van der Waals surface area contributed by atoms with Gasteiger partial charge in [-0.3, -0.25) is 0 Å². The highest BCUT2D eigenvalue weighted by molar-refractivity contribution is 6.56. The molecule has 7 nitrogen and oxygen atoms in total. The first-order valence-electron chi connectivity index (χ1n) is 12.2. The standard InChI is InChI=1S/C28H34BN3O4/c1-20-15-21(2)32(31-20)25-14-10-13-23(17-25)16-24(29-35-27(3,4)28(5,6)36-29)18-30-26(33)34-19-22-11-8-7-9-12-22/h7-17H,18-19H2,1-6H3,(H,30,33). The molecule has 0 unspecified atom stereocenters. The Kier molecular flexibility index (Phi) is 7.38. The second-order valence-corrected chi connectivity index (χ2v) is 10.2. The first kappa shape index (κ1) is 25.7. The number of nitrogens with one attached hydrogen (secondary N) is 1. The largest absolute Gasteiger partial charge is 0.492 e. The molecule has 8 heteroatoms. The van der Waals surface area contributed by atoms with Crippen molar-refractivity contribution in [3.63, 3.8) is 0 Å². The van der Waals surface area contributed by atoms with E-state index in [1.807, 2.05) is 107 Å². The number of rotatable bonds is 7. The monoisotopic (exact) mass is 487 g/mol. The summed E-state index contributed by atoms with van der Waals surface area (Å²) in [5.41, 5.74) is 4.63. The van der Waals surface area contributed by atoms with Crippen LogP contribution >= 0.6 is 0 Å². The lowest BCUT2D eigenvalue weighted by atomic mass is 9.77. The van der Waals surface area contributed by atoms with Gasteiger partial charge in [-0.25, -0.2) is 9.48 Å². The van der Waals surface area contributed by atoms with E-state index < -0.39 is 24.4 Å². The van der Waals surface area contributed by atoms with E-state index in [2.05, 4.69) is 16.5 Å². The quantitative estimate of drug-likeness (QED) is 0.450. The number of aromatic nitrogens is 2. The molecule has 0 spiro atoms. The molecule has 1 N–H and O–H groups in total. The van der Waals surface area contributed by atoms with Crippen molar-refractivity contribution in [3.8, 4) is 5.69 Å². The summed E-state index contributed by atoms with van der Waals surface area (Å²) in [7, 11) is -0.609. The van der Waals surface area contributed by atoms with Gasteiger partial charge >= 0.3 is 13.2 Å². The molecule has 1 aromatic heterocycles. The van der Waals surface area contributed by atoms with Gasteiger partial charge in [0.2, 0.25) is 0 Å². The molecular formula is C28H34BN3O4. The molecule has 1 saturated heterocycles. The highest BCUT2D eigenvalue weighted by Gasteiger charge is 2.52. The van der Waals surface area contributed by atoms with Gasteiger partial charge in [0.05, 0.1) is 22.6 Å². The third-order valence-corrected chi connectivity index (χ3v) is 6.68. The van der Waals surface area contributed by atoms with Crippen LogP contribution in [0.25, 0.3) is 11.8 Å². The van der Waals surface area contributed by atoms with Crippen LogP contribution in [0, 0.1) is 13.8 Å². The van der Waals surface area contributed by atoms with Crippen molar-refractivity contribution in [1.82, 2.24) is 15.1 Å². The Hall–Kier alpha value is -3.36. The van der Waals surface area contributed by atoms with Crippen molar-refractivity contribution in [2.45, 2.75) is 59.4 Å². The summed E-state index contributed by atoms with van der Waals surface area (Å²) >= 11 is 0. The first-order valence-corrected chi connectivity index (χ1v) is 12.2. The zero-order valence-electron chi connectivity index (χ0n) is 21.9. The van der Waals surface area contributed by atoms with E-state index in [-0.39, 0.29) is 13.2 Å². The fourth-order valence-electron chi connectivity index (χ4n) is 4.00. The van der Waals surface area contributed by atoms with Gasteiger partial charge in [0.25, 0.3) is 0 Å². The van der Waals surface area contributed by atoms with Crippen molar-refractivity contribution in [1.29, 1.82) is 0 Å². The van der Waals surface area contributed by atoms with Crippen molar-refractivity contribution in [2.24, 2.45) is 0 Å². The predicted octanol–water partition coefficient (Wildman–Crippen LogP) is 5.43. The van der Waals surface area contributed by atoms with Crippen molar-refractivity contribution < 1.29 is 18.8 Å². The van der Waals surface area contributed by atoms with Crippen LogP contribution in [0.5, 0.6) is 0 Å². The second kappa shape index (κ2) is 10.3. The highest BCUT2D eigenvalue weighted by atomic mass is 16.7. The van der Waals surface area contributed by atoms with Crippen LogP contribution in [-0.4, -0.2) is 40.7 Å². The minimum atomic E-state index is -0.609. The van der Waals surface area contributed by atoms with Gasteiger partial charge in [0, 0.05) is 12.2 Å². The van der Waals surface area contributed by atoms with Gasteiger partial charge in [-0.15, -0.1) is 0 Å². The van der Waals surface area contributed by atoms with E-state index in [0.29, 0.717) is 0 Å². The molecule has 0 saturated carbocycles. The van der Waals surface area contributed by atoms with E-state index in [9.17, 15) is 4.79 Å². The lowest BCUT2D eigenvalue weighted by Crippen LogP contribution is -2.41. The normalized spacial score (nSPS) is 16.7. The summed E-state index contributed by atoms with van der Waals surface area (Å²) in [6.07, 6.45) is 1.49. The van der Waals surface area contributed by atoms with E-state index >= 15 is 0 Å². The van der Waals surface area contributed by atoms with Gasteiger partial charge in [0.15, 0.2) is 0 Å². The molecule has 0 bridgehead atoms. The molecule has 0 atom stereocenters. The Morgan fingerprint density at radius 1 is 1.03 bits per heavy atom. The number of benzene rings is 2. The Labute approximate surface area is 213 Å². The molecule has 1 amide bonds.